The predicted octanol–water partition coefficient (Wildman–Crippen LogP) is 1.47. The van der Waals surface area contributed by atoms with E-state index in [-0.39, 0.29) is 0 Å². The van der Waals surface area contributed by atoms with Crippen molar-refractivity contribution in [1.29, 1.82) is 0 Å². The highest BCUT2D eigenvalue weighted by Crippen LogP contribution is 2.10. The van der Waals surface area contributed by atoms with Gasteiger partial charge < -0.3 is 21.1 Å². The quantitative estimate of drug-likeness (QED) is 0.624. The standard InChI is InChI=1S/C20H21N3O5/c1-12(22-19(26)15-6-4-3-5-7-15)20(27)28-13(2)18(25)23-16-10-8-14(9-11-16)17(21)24/h3-13H,1-2H3,(H2,21,24)(H,22,26)(H,23,25)/t12-,13?/m0/s1. The van der Waals surface area contributed by atoms with Gasteiger partial charge in [-0.2, -0.15) is 0 Å². The summed E-state index contributed by atoms with van der Waals surface area (Å²) in [5.41, 5.74) is 6.29. The molecule has 0 spiro atoms. The second kappa shape index (κ2) is 9.31. The third-order valence-electron chi connectivity index (χ3n) is 3.84. The summed E-state index contributed by atoms with van der Waals surface area (Å²) < 4.78 is 5.11. The van der Waals surface area contributed by atoms with Gasteiger partial charge in [-0.3, -0.25) is 14.4 Å². The van der Waals surface area contributed by atoms with Gasteiger partial charge in [0.05, 0.1) is 0 Å². The van der Waals surface area contributed by atoms with Crippen molar-refractivity contribution < 1.29 is 23.9 Å². The summed E-state index contributed by atoms with van der Waals surface area (Å²) in [7, 11) is 0. The Morgan fingerprint density at radius 3 is 2.07 bits per heavy atom. The second-order valence-electron chi connectivity index (χ2n) is 6.07. The Bertz CT molecular complexity index is 865. The molecule has 0 aliphatic carbocycles. The van der Waals surface area contributed by atoms with Gasteiger partial charge in [0.25, 0.3) is 11.8 Å². The molecule has 28 heavy (non-hydrogen) atoms. The van der Waals surface area contributed by atoms with E-state index >= 15 is 0 Å². The molecule has 0 fully saturated rings. The predicted molar refractivity (Wildman–Crippen MR) is 103 cm³/mol. The summed E-state index contributed by atoms with van der Waals surface area (Å²) >= 11 is 0. The van der Waals surface area contributed by atoms with E-state index in [1.807, 2.05) is 0 Å². The molecular formula is C20H21N3O5. The van der Waals surface area contributed by atoms with E-state index in [2.05, 4.69) is 10.6 Å². The zero-order valence-corrected chi connectivity index (χ0v) is 15.5. The summed E-state index contributed by atoms with van der Waals surface area (Å²) in [4.78, 5) is 47.4. The molecule has 2 aromatic carbocycles. The first-order valence-electron chi connectivity index (χ1n) is 8.55. The van der Waals surface area contributed by atoms with Crippen LogP contribution in [-0.4, -0.2) is 35.8 Å². The molecule has 8 nitrogen and oxygen atoms in total. The van der Waals surface area contributed by atoms with Crippen molar-refractivity contribution in [3.63, 3.8) is 0 Å². The molecule has 0 radical (unpaired) electrons. The molecule has 0 saturated heterocycles. The van der Waals surface area contributed by atoms with Crippen LogP contribution >= 0.6 is 0 Å². The molecule has 0 bridgehead atoms. The Labute approximate surface area is 162 Å². The van der Waals surface area contributed by atoms with Crippen molar-refractivity contribution in [2.75, 3.05) is 5.32 Å². The number of esters is 1. The van der Waals surface area contributed by atoms with Crippen molar-refractivity contribution in [1.82, 2.24) is 5.32 Å². The van der Waals surface area contributed by atoms with E-state index in [1.54, 1.807) is 30.3 Å². The number of nitrogens with two attached hydrogens (primary N) is 1. The maximum atomic E-state index is 12.2. The molecule has 2 aromatic rings. The van der Waals surface area contributed by atoms with E-state index in [9.17, 15) is 19.2 Å². The molecule has 0 aliphatic heterocycles. The number of benzene rings is 2. The zero-order chi connectivity index (χ0) is 20.7. The number of hydrogen-bond acceptors (Lipinski definition) is 5. The molecule has 146 valence electrons. The fraction of sp³-hybridized carbons (Fsp3) is 0.200. The van der Waals surface area contributed by atoms with Crippen LogP contribution in [0.2, 0.25) is 0 Å². The summed E-state index contributed by atoms with van der Waals surface area (Å²) in [6.45, 7) is 2.88. The number of carbonyl (C=O) groups is 4. The first-order valence-corrected chi connectivity index (χ1v) is 8.55. The lowest BCUT2D eigenvalue weighted by Gasteiger charge is -2.17. The first kappa shape index (κ1) is 20.6. The Morgan fingerprint density at radius 2 is 1.50 bits per heavy atom. The van der Waals surface area contributed by atoms with Crippen molar-refractivity contribution in [3.8, 4) is 0 Å². The highest BCUT2D eigenvalue weighted by Gasteiger charge is 2.23. The molecule has 2 atom stereocenters. The number of hydrogen-bond donors (Lipinski definition) is 3. The number of amides is 3. The van der Waals surface area contributed by atoms with Gasteiger partial charge in [-0.05, 0) is 50.2 Å². The fourth-order valence-corrected chi connectivity index (χ4v) is 2.22. The van der Waals surface area contributed by atoms with E-state index < -0.39 is 35.8 Å². The molecule has 2 rings (SSSR count). The second-order valence-corrected chi connectivity index (χ2v) is 6.07. The van der Waals surface area contributed by atoms with Crippen molar-refractivity contribution >= 4 is 29.4 Å². The lowest BCUT2D eigenvalue weighted by molar-refractivity contribution is -0.154. The maximum Gasteiger partial charge on any atom is 0.329 e. The minimum Gasteiger partial charge on any atom is -0.451 e. The minimum atomic E-state index is -1.08. The lowest BCUT2D eigenvalue weighted by Crippen LogP contribution is -2.42. The highest BCUT2D eigenvalue weighted by atomic mass is 16.5. The minimum absolute atomic E-state index is 0.306. The van der Waals surface area contributed by atoms with Crippen LogP contribution in [0.15, 0.2) is 54.6 Å². The number of carbonyl (C=O) groups excluding carboxylic acids is 4. The summed E-state index contributed by atoms with van der Waals surface area (Å²) in [6, 6.07) is 13.4. The molecule has 1 unspecified atom stereocenters. The average molecular weight is 383 g/mol. The van der Waals surface area contributed by atoms with E-state index in [1.165, 1.54) is 38.1 Å². The van der Waals surface area contributed by atoms with Gasteiger partial charge in [-0.15, -0.1) is 0 Å². The number of nitrogens with one attached hydrogen (secondary N) is 2. The van der Waals surface area contributed by atoms with Gasteiger partial charge in [0, 0.05) is 16.8 Å². The Kier molecular flexibility index (Phi) is 6.86. The largest absolute Gasteiger partial charge is 0.451 e. The van der Waals surface area contributed by atoms with Crippen LogP contribution in [0.1, 0.15) is 34.6 Å². The summed E-state index contributed by atoms with van der Waals surface area (Å²) in [6.07, 6.45) is -1.08. The molecule has 0 saturated carbocycles. The molecule has 0 aromatic heterocycles. The van der Waals surface area contributed by atoms with Crippen LogP contribution in [0.4, 0.5) is 5.69 Å². The van der Waals surface area contributed by atoms with Gasteiger partial charge in [0.2, 0.25) is 5.91 Å². The van der Waals surface area contributed by atoms with Crippen molar-refractivity contribution in [2.24, 2.45) is 5.73 Å². The molecular weight excluding hydrogens is 362 g/mol. The molecule has 0 aliphatic rings. The highest BCUT2D eigenvalue weighted by molar-refractivity contribution is 5.98. The Morgan fingerprint density at radius 1 is 0.893 bits per heavy atom. The topological polar surface area (TPSA) is 128 Å². The summed E-state index contributed by atoms with van der Waals surface area (Å²) in [5, 5.41) is 5.08. The maximum absolute atomic E-state index is 12.2. The SMILES string of the molecule is CC(OC(=O)[C@H](C)NC(=O)c1ccccc1)C(=O)Nc1ccc(C(N)=O)cc1. The van der Waals surface area contributed by atoms with Crippen LogP contribution < -0.4 is 16.4 Å². The van der Waals surface area contributed by atoms with E-state index in [0.29, 0.717) is 16.8 Å². The number of primary amides is 1. The summed E-state index contributed by atoms with van der Waals surface area (Å²) in [5.74, 6) is -2.29. The van der Waals surface area contributed by atoms with Gasteiger partial charge in [0.1, 0.15) is 6.04 Å². The fourth-order valence-electron chi connectivity index (χ4n) is 2.22. The molecule has 4 N–H and O–H groups in total. The number of rotatable bonds is 7. The van der Waals surface area contributed by atoms with Gasteiger partial charge in [0.15, 0.2) is 6.10 Å². The molecule has 0 heterocycles. The number of ether oxygens (including phenoxy) is 1. The van der Waals surface area contributed by atoms with Crippen LogP contribution in [-0.2, 0) is 14.3 Å². The Hall–Kier alpha value is -3.68. The van der Waals surface area contributed by atoms with Crippen LogP contribution in [0, 0.1) is 0 Å². The Balaban J connectivity index is 1.87. The van der Waals surface area contributed by atoms with E-state index in [4.69, 9.17) is 10.5 Å². The number of anilines is 1. The molecule has 3 amide bonds. The third kappa shape index (κ3) is 5.66. The van der Waals surface area contributed by atoms with Gasteiger partial charge in [-0.25, -0.2) is 4.79 Å². The van der Waals surface area contributed by atoms with Crippen LogP contribution in [0.25, 0.3) is 0 Å². The van der Waals surface area contributed by atoms with E-state index in [0.717, 1.165) is 0 Å². The first-order chi connectivity index (χ1) is 13.3. The van der Waals surface area contributed by atoms with Gasteiger partial charge in [-0.1, -0.05) is 18.2 Å². The average Bonchev–Trinajstić information content (AvgIpc) is 2.68. The smallest absolute Gasteiger partial charge is 0.329 e. The van der Waals surface area contributed by atoms with Crippen LogP contribution in [0.5, 0.6) is 0 Å². The monoisotopic (exact) mass is 383 g/mol. The molecule has 8 heteroatoms. The zero-order valence-electron chi connectivity index (χ0n) is 15.5. The van der Waals surface area contributed by atoms with Crippen LogP contribution in [0.3, 0.4) is 0 Å². The van der Waals surface area contributed by atoms with Gasteiger partial charge >= 0.3 is 5.97 Å². The lowest BCUT2D eigenvalue weighted by atomic mass is 10.2. The van der Waals surface area contributed by atoms with Crippen molar-refractivity contribution in [3.05, 3.63) is 65.7 Å². The van der Waals surface area contributed by atoms with Crippen molar-refractivity contribution in [2.45, 2.75) is 26.0 Å². The third-order valence-corrected chi connectivity index (χ3v) is 3.84. The normalized spacial score (nSPS) is 12.4.